The van der Waals surface area contributed by atoms with Crippen molar-refractivity contribution < 1.29 is 4.74 Å². The van der Waals surface area contributed by atoms with Crippen molar-refractivity contribution in [3.8, 4) is 0 Å². The molecule has 1 nitrogen and oxygen atoms in total. The zero-order valence-electron chi connectivity index (χ0n) is 10.8. The van der Waals surface area contributed by atoms with Crippen molar-refractivity contribution in [1.82, 2.24) is 0 Å². The van der Waals surface area contributed by atoms with E-state index in [0.29, 0.717) is 24.0 Å². The minimum atomic E-state index is 0.266. The third-order valence-electron chi connectivity index (χ3n) is 4.09. The molecule has 14 heavy (non-hydrogen) atoms. The molecule has 2 unspecified atom stereocenters. The summed E-state index contributed by atoms with van der Waals surface area (Å²) < 4.78 is 6.15. The maximum Gasteiger partial charge on any atom is 0.0655 e. The van der Waals surface area contributed by atoms with Crippen LogP contribution in [0.15, 0.2) is 0 Å². The molecular formula is C13H26O. The van der Waals surface area contributed by atoms with Crippen LogP contribution in [-0.4, -0.2) is 12.2 Å². The number of hydrogen-bond acceptors (Lipinski definition) is 1. The quantitative estimate of drug-likeness (QED) is 0.576. The summed E-state index contributed by atoms with van der Waals surface area (Å²) in [4.78, 5) is 0. The number of rotatable bonds is 0. The largest absolute Gasteiger partial charge is 0.374 e. The molecule has 5 atom stereocenters. The Morgan fingerprint density at radius 2 is 1.29 bits per heavy atom. The maximum absolute atomic E-state index is 6.15. The van der Waals surface area contributed by atoms with Crippen LogP contribution in [0.3, 0.4) is 0 Å². The lowest BCUT2D eigenvalue weighted by molar-refractivity contribution is -0.163. The molecule has 0 N–H and O–H groups in total. The van der Waals surface area contributed by atoms with Crippen LogP contribution in [0.4, 0.5) is 0 Å². The monoisotopic (exact) mass is 198 g/mol. The summed E-state index contributed by atoms with van der Waals surface area (Å²) in [6.07, 6.45) is 0.814. The minimum Gasteiger partial charge on any atom is -0.374 e. The zero-order valence-corrected chi connectivity index (χ0v) is 10.8. The Kier molecular flexibility index (Phi) is 3.30. The molecule has 1 aliphatic rings. The second kappa shape index (κ2) is 3.84. The molecule has 0 bridgehead atoms. The van der Waals surface area contributed by atoms with E-state index in [9.17, 15) is 0 Å². The van der Waals surface area contributed by atoms with Crippen LogP contribution in [-0.2, 0) is 4.74 Å². The van der Waals surface area contributed by atoms with E-state index < -0.39 is 0 Å². The molecule has 0 saturated carbocycles. The smallest absolute Gasteiger partial charge is 0.0655 e. The third-order valence-corrected chi connectivity index (χ3v) is 4.09. The molecule has 1 heterocycles. The lowest BCUT2D eigenvalue weighted by atomic mass is 9.70. The highest BCUT2D eigenvalue weighted by Gasteiger charge is 2.42. The Hall–Kier alpha value is -0.0400. The molecule has 1 heteroatoms. The van der Waals surface area contributed by atoms with Gasteiger partial charge in [0.05, 0.1) is 12.2 Å². The van der Waals surface area contributed by atoms with Gasteiger partial charge >= 0.3 is 0 Å². The van der Waals surface area contributed by atoms with Gasteiger partial charge in [0.1, 0.15) is 0 Å². The predicted molar refractivity (Wildman–Crippen MR) is 61.3 cm³/mol. The van der Waals surface area contributed by atoms with Gasteiger partial charge in [-0.2, -0.15) is 0 Å². The van der Waals surface area contributed by atoms with Crippen LogP contribution in [0, 0.1) is 23.2 Å². The van der Waals surface area contributed by atoms with Gasteiger partial charge in [-0.25, -0.2) is 0 Å². The highest BCUT2D eigenvalue weighted by Crippen LogP contribution is 2.41. The first-order valence-electron chi connectivity index (χ1n) is 5.90. The maximum atomic E-state index is 6.15. The fraction of sp³-hybridized carbons (Fsp3) is 1.00. The highest BCUT2D eigenvalue weighted by molar-refractivity contribution is 4.89. The van der Waals surface area contributed by atoms with E-state index >= 15 is 0 Å². The first-order chi connectivity index (χ1) is 6.25. The van der Waals surface area contributed by atoms with Crippen molar-refractivity contribution in [2.75, 3.05) is 0 Å². The molecule has 0 aromatic heterocycles. The van der Waals surface area contributed by atoms with Gasteiger partial charge in [0.15, 0.2) is 0 Å². The van der Waals surface area contributed by atoms with Gasteiger partial charge in [-0.15, -0.1) is 0 Å². The SMILES string of the molecule is CC1C(C)[C@@H](C(C)(C)C)O[C@@H](C)[C@H]1C. The Morgan fingerprint density at radius 1 is 0.786 bits per heavy atom. The second-order valence-corrected chi connectivity index (χ2v) is 6.21. The summed E-state index contributed by atoms with van der Waals surface area (Å²) in [5.41, 5.74) is 0.266. The van der Waals surface area contributed by atoms with E-state index in [1.54, 1.807) is 0 Å². The summed E-state index contributed by atoms with van der Waals surface area (Å²) in [5.74, 6) is 2.12. The number of ether oxygens (including phenoxy) is 1. The third kappa shape index (κ3) is 2.13. The molecule has 1 saturated heterocycles. The van der Waals surface area contributed by atoms with Crippen LogP contribution in [0.2, 0.25) is 0 Å². The summed E-state index contributed by atoms with van der Waals surface area (Å²) in [7, 11) is 0. The van der Waals surface area contributed by atoms with E-state index in [1.807, 2.05) is 0 Å². The lowest BCUT2D eigenvalue weighted by Gasteiger charge is -2.47. The molecule has 0 aromatic rings. The molecule has 0 radical (unpaired) electrons. The van der Waals surface area contributed by atoms with Gasteiger partial charge in [-0.3, -0.25) is 0 Å². The lowest BCUT2D eigenvalue weighted by Crippen LogP contribution is -2.48. The fourth-order valence-corrected chi connectivity index (χ4v) is 2.65. The Labute approximate surface area is 89.2 Å². The highest BCUT2D eigenvalue weighted by atomic mass is 16.5. The summed E-state index contributed by atoms with van der Waals surface area (Å²) in [5, 5.41) is 0. The van der Waals surface area contributed by atoms with Crippen molar-refractivity contribution in [3.63, 3.8) is 0 Å². The van der Waals surface area contributed by atoms with E-state index in [4.69, 9.17) is 4.74 Å². The van der Waals surface area contributed by atoms with E-state index in [2.05, 4.69) is 48.5 Å². The van der Waals surface area contributed by atoms with Crippen LogP contribution >= 0.6 is 0 Å². The second-order valence-electron chi connectivity index (χ2n) is 6.21. The Balaban J connectivity index is 2.81. The molecule has 1 fully saturated rings. The van der Waals surface area contributed by atoms with Gasteiger partial charge in [-0.1, -0.05) is 41.5 Å². The van der Waals surface area contributed by atoms with E-state index in [0.717, 1.165) is 5.92 Å². The van der Waals surface area contributed by atoms with E-state index in [-0.39, 0.29) is 5.41 Å². The summed E-state index contributed by atoms with van der Waals surface area (Å²) in [6.45, 7) is 16.1. The summed E-state index contributed by atoms with van der Waals surface area (Å²) in [6, 6.07) is 0. The van der Waals surface area contributed by atoms with Crippen molar-refractivity contribution in [1.29, 1.82) is 0 Å². The molecule has 0 aliphatic carbocycles. The average molecular weight is 198 g/mol. The standard InChI is InChI=1S/C13H26O/c1-8-9(2)11(4)14-12(10(8)3)13(5,6)7/h8-12H,1-7H3/t8?,9-,10?,11-,12-/m0/s1. The molecule has 1 rings (SSSR count). The van der Waals surface area contributed by atoms with Gasteiger partial charge in [-0.05, 0) is 30.1 Å². The summed E-state index contributed by atoms with van der Waals surface area (Å²) >= 11 is 0. The average Bonchev–Trinajstić information content (AvgIpc) is 2.06. The first kappa shape index (κ1) is 12.0. The predicted octanol–water partition coefficient (Wildman–Crippen LogP) is 3.73. The molecule has 0 aromatic carbocycles. The van der Waals surface area contributed by atoms with Gasteiger partial charge in [0.2, 0.25) is 0 Å². The van der Waals surface area contributed by atoms with Crippen molar-refractivity contribution in [2.45, 2.75) is 60.7 Å². The molecule has 1 aliphatic heterocycles. The Bertz CT molecular complexity index is 192. The molecular weight excluding hydrogens is 172 g/mol. The van der Waals surface area contributed by atoms with Crippen molar-refractivity contribution >= 4 is 0 Å². The Morgan fingerprint density at radius 3 is 1.71 bits per heavy atom. The van der Waals surface area contributed by atoms with Crippen molar-refractivity contribution in [3.05, 3.63) is 0 Å². The minimum absolute atomic E-state index is 0.266. The zero-order chi connectivity index (χ0) is 11.1. The topological polar surface area (TPSA) is 9.23 Å². The van der Waals surface area contributed by atoms with Crippen LogP contribution in [0.25, 0.3) is 0 Å². The van der Waals surface area contributed by atoms with E-state index in [1.165, 1.54) is 0 Å². The van der Waals surface area contributed by atoms with Gasteiger partial charge < -0.3 is 4.74 Å². The van der Waals surface area contributed by atoms with Gasteiger partial charge in [0.25, 0.3) is 0 Å². The molecule has 84 valence electrons. The normalized spacial score (nSPS) is 45.2. The molecule has 0 spiro atoms. The van der Waals surface area contributed by atoms with Crippen molar-refractivity contribution in [2.24, 2.45) is 23.2 Å². The van der Waals surface area contributed by atoms with Gasteiger partial charge in [0, 0.05) is 0 Å². The van der Waals surface area contributed by atoms with Crippen LogP contribution in [0.5, 0.6) is 0 Å². The van der Waals surface area contributed by atoms with Crippen LogP contribution < -0.4 is 0 Å². The fourth-order valence-electron chi connectivity index (χ4n) is 2.65. The van der Waals surface area contributed by atoms with Crippen LogP contribution in [0.1, 0.15) is 48.5 Å². The first-order valence-corrected chi connectivity index (χ1v) is 5.90. The number of hydrogen-bond donors (Lipinski definition) is 0. The molecule has 0 amide bonds.